The zero-order valence-corrected chi connectivity index (χ0v) is 12.0. The SMILES string of the molecule is CC1(C)CCC2CC(C(C)(C)C)CCC2C1. The molecule has 0 heterocycles. The molecule has 0 aliphatic heterocycles. The van der Waals surface area contributed by atoms with Gasteiger partial charge in [0.2, 0.25) is 0 Å². The van der Waals surface area contributed by atoms with Gasteiger partial charge < -0.3 is 0 Å². The molecule has 0 aromatic carbocycles. The van der Waals surface area contributed by atoms with Crippen LogP contribution < -0.4 is 0 Å². The van der Waals surface area contributed by atoms with E-state index in [1.807, 2.05) is 0 Å². The lowest BCUT2D eigenvalue weighted by molar-refractivity contribution is 0.0299. The number of rotatable bonds is 0. The van der Waals surface area contributed by atoms with Gasteiger partial charge in [0.15, 0.2) is 0 Å². The lowest BCUT2D eigenvalue weighted by atomic mass is 9.58. The Hall–Kier alpha value is 0. The predicted octanol–water partition coefficient (Wildman–Crippen LogP) is 5.28. The van der Waals surface area contributed by atoms with Gasteiger partial charge in [-0.1, -0.05) is 34.6 Å². The summed E-state index contributed by atoms with van der Waals surface area (Å²) in [5.74, 6) is 3.10. The van der Waals surface area contributed by atoms with Crippen molar-refractivity contribution in [3.8, 4) is 0 Å². The van der Waals surface area contributed by atoms with Crippen LogP contribution in [0.15, 0.2) is 0 Å². The molecule has 0 aromatic rings. The molecule has 0 amide bonds. The molecule has 0 radical (unpaired) electrons. The molecule has 3 unspecified atom stereocenters. The van der Waals surface area contributed by atoms with Crippen LogP contribution in [-0.4, -0.2) is 0 Å². The summed E-state index contributed by atoms with van der Waals surface area (Å²) in [5.41, 5.74) is 1.17. The van der Waals surface area contributed by atoms with Crippen LogP contribution in [0.2, 0.25) is 0 Å². The second-order valence-electron chi connectivity index (χ2n) is 8.30. The van der Waals surface area contributed by atoms with E-state index < -0.39 is 0 Å². The van der Waals surface area contributed by atoms with E-state index in [0.717, 1.165) is 17.8 Å². The number of fused-ring (bicyclic) bond motifs is 1. The van der Waals surface area contributed by atoms with Crippen molar-refractivity contribution >= 4 is 0 Å². The van der Waals surface area contributed by atoms with Crippen LogP contribution in [0.1, 0.15) is 73.1 Å². The van der Waals surface area contributed by atoms with E-state index in [2.05, 4.69) is 34.6 Å². The highest BCUT2D eigenvalue weighted by atomic mass is 14.5. The van der Waals surface area contributed by atoms with Gasteiger partial charge in [0.05, 0.1) is 0 Å². The molecule has 16 heavy (non-hydrogen) atoms. The average Bonchev–Trinajstić information content (AvgIpc) is 2.14. The fraction of sp³-hybridized carbons (Fsp3) is 1.00. The third-order valence-electron chi connectivity index (χ3n) is 5.37. The van der Waals surface area contributed by atoms with Crippen molar-refractivity contribution in [2.45, 2.75) is 73.1 Å². The smallest absolute Gasteiger partial charge is 0.0351 e. The molecule has 2 saturated carbocycles. The van der Waals surface area contributed by atoms with Crippen LogP contribution in [0.25, 0.3) is 0 Å². The van der Waals surface area contributed by atoms with Crippen molar-refractivity contribution < 1.29 is 0 Å². The molecule has 2 aliphatic rings. The molecular formula is C16H30. The maximum atomic E-state index is 2.47. The first-order valence-corrected chi connectivity index (χ1v) is 7.28. The van der Waals surface area contributed by atoms with E-state index in [1.165, 1.54) is 38.5 Å². The van der Waals surface area contributed by atoms with E-state index in [-0.39, 0.29) is 0 Å². The highest BCUT2D eigenvalue weighted by molar-refractivity contribution is 4.91. The predicted molar refractivity (Wildman–Crippen MR) is 71.4 cm³/mol. The Kier molecular flexibility index (Phi) is 3.14. The van der Waals surface area contributed by atoms with Crippen LogP contribution >= 0.6 is 0 Å². The topological polar surface area (TPSA) is 0 Å². The van der Waals surface area contributed by atoms with Crippen molar-refractivity contribution in [1.82, 2.24) is 0 Å². The number of hydrogen-bond acceptors (Lipinski definition) is 0. The lowest BCUT2D eigenvalue weighted by Gasteiger charge is -2.48. The van der Waals surface area contributed by atoms with E-state index in [1.54, 1.807) is 0 Å². The van der Waals surface area contributed by atoms with Gasteiger partial charge in [-0.2, -0.15) is 0 Å². The van der Waals surface area contributed by atoms with Crippen LogP contribution in [-0.2, 0) is 0 Å². The van der Waals surface area contributed by atoms with Crippen LogP contribution in [0, 0.1) is 28.6 Å². The van der Waals surface area contributed by atoms with Crippen LogP contribution in [0.5, 0.6) is 0 Å². The van der Waals surface area contributed by atoms with Gasteiger partial charge in [-0.25, -0.2) is 0 Å². The first-order valence-electron chi connectivity index (χ1n) is 7.28. The summed E-state index contributed by atoms with van der Waals surface area (Å²) >= 11 is 0. The van der Waals surface area contributed by atoms with Gasteiger partial charge in [-0.3, -0.25) is 0 Å². The Morgan fingerprint density at radius 1 is 0.938 bits per heavy atom. The second kappa shape index (κ2) is 4.03. The van der Waals surface area contributed by atoms with Gasteiger partial charge in [0.25, 0.3) is 0 Å². The molecule has 0 saturated heterocycles. The second-order valence-corrected chi connectivity index (χ2v) is 8.30. The number of hydrogen-bond donors (Lipinski definition) is 0. The molecule has 0 bridgehead atoms. The first-order chi connectivity index (χ1) is 7.28. The summed E-state index contributed by atoms with van der Waals surface area (Å²) in [6.07, 6.45) is 8.98. The molecular weight excluding hydrogens is 192 g/mol. The molecule has 0 nitrogen and oxygen atoms in total. The minimum Gasteiger partial charge on any atom is -0.0599 e. The standard InChI is InChI=1S/C16H30/c1-15(2,3)14-7-6-13-11-16(4,5)9-8-12(13)10-14/h12-14H,6-11H2,1-5H3. The fourth-order valence-corrected chi connectivity index (χ4v) is 4.12. The largest absolute Gasteiger partial charge is 0.0599 e. The van der Waals surface area contributed by atoms with Gasteiger partial charge in [0.1, 0.15) is 0 Å². The van der Waals surface area contributed by atoms with Crippen LogP contribution in [0.3, 0.4) is 0 Å². The van der Waals surface area contributed by atoms with E-state index in [0.29, 0.717) is 10.8 Å². The lowest BCUT2D eigenvalue weighted by Crippen LogP contribution is -2.37. The highest BCUT2D eigenvalue weighted by Gasteiger charge is 2.40. The quantitative estimate of drug-likeness (QED) is 0.523. The zero-order valence-electron chi connectivity index (χ0n) is 12.0. The molecule has 0 aromatic heterocycles. The van der Waals surface area contributed by atoms with Gasteiger partial charge in [-0.15, -0.1) is 0 Å². The van der Waals surface area contributed by atoms with E-state index in [9.17, 15) is 0 Å². The molecule has 2 aliphatic carbocycles. The molecule has 2 fully saturated rings. The van der Waals surface area contributed by atoms with Crippen molar-refractivity contribution in [1.29, 1.82) is 0 Å². The highest BCUT2D eigenvalue weighted by Crippen LogP contribution is 2.51. The molecule has 94 valence electrons. The Bertz CT molecular complexity index is 243. The fourth-order valence-electron chi connectivity index (χ4n) is 4.12. The summed E-state index contributed by atoms with van der Waals surface area (Å²) in [6.45, 7) is 12.2. The Balaban J connectivity index is 1.98. The van der Waals surface area contributed by atoms with Crippen molar-refractivity contribution in [3.63, 3.8) is 0 Å². The average molecular weight is 222 g/mol. The third-order valence-corrected chi connectivity index (χ3v) is 5.37. The molecule has 0 heteroatoms. The van der Waals surface area contributed by atoms with Crippen molar-refractivity contribution in [2.24, 2.45) is 28.6 Å². The van der Waals surface area contributed by atoms with Gasteiger partial charge in [-0.05, 0) is 67.1 Å². The first kappa shape index (κ1) is 12.5. The van der Waals surface area contributed by atoms with E-state index >= 15 is 0 Å². The monoisotopic (exact) mass is 222 g/mol. The molecule has 0 N–H and O–H groups in total. The van der Waals surface area contributed by atoms with Crippen molar-refractivity contribution in [3.05, 3.63) is 0 Å². The van der Waals surface area contributed by atoms with Crippen LogP contribution in [0.4, 0.5) is 0 Å². The third kappa shape index (κ3) is 2.63. The molecule has 0 spiro atoms. The molecule has 2 rings (SSSR count). The Morgan fingerprint density at radius 2 is 1.62 bits per heavy atom. The Labute approximate surface area is 102 Å². The maximum Gasteiger partial charge on any atom is -0.0351 e. The summed E-state index contributed by atoms with van der Waals surface area (Å²) in [5, 5.41) is 0. The normalized spacial score (nSPS) is 39.2. The summed E-state index contributed by atoms with van der Waals surface area (Å²) in [7, 11) is 0. The summed E-state index contributed by atoms with van der Waals surface area (Å²) in [6, 6.07) is 0. The minimum absolute atomic E-state index is 0.540. The zero-order chi connectivity index (χ0) is 12.0. The summed E-state index contributed by atoms with van der Waals surface area (Å²) < 4.78 is 0. The minimum atomic E-state index is 0.540. The molecule has 3 atom stereocenters. The van der Waals surface area contributed by atoms with Crippen molar-refractivity contribution in [2.75, 3.05) is 0 Å². The van der Waals surface area contributed by atoms with Gasteiger partial charge >= 0.3 is 0 Å². The van der Waals surface area contributed by atoms with E-state index in [4.69, 9.17) is 0 Å². The summed E-state index contributed by atoms with van der Waals surface area (Å²) in [4.78, 5) is 0. The van der Waals surface area contributed by atoms with Gasteiger partial charge in [0, 0.05) is 0 Å². The maximum absolute atomic E-state index is 2.47. The Morgan fingerprint density at radius 3 is 2.25 bits per heavy atom.